The fourth-order valence-corrected chi connectivity index (χ4v) is 3.46. The van der Waals surface area contributed by atoms with Crippen LogP contribution in [0.4, 0.5) is 0 Å². The fourth-order valence-electron chi connectivity index (χ4n) is 3.46. The molecule has 2 atom stereocenters. The Balaban J connectivity index is 1.75. The number of hydrogen-bond acceptors (Lipinski definition) is 3. The van der Waals surface area contributed by atoms with Gasteiger partial charge in [-0.2, -0.15) is 0 Å². The molecule has 3 heteroatoms. The van der Waals surface area contributed by atoms with Gasteiger partial charge in [-0.25, -0.2) is 0 Å². The molecule has 0 spiro atoms. The van der Waals surface area contributed by atoms with Crippen LogP contribution in [0.5, 0.6) is 0 Å². The highest BCUT2D eigenvalue weighted by atomic mass is 15.2. The van der Waals surface area contributed by atoms with Crippen LogP contribution in [0.1, 0.15) is 45.4 Å². The zero-order valence-corrected chi connectivity index (χ0v) is 12.0. The van der Waals surface area contributed by atoms with Gasteiger partial charge in [-0.05, 0) is 44.1 Å². The average molecular weight is 253 g/mol. The van der Waals surface area contributed by atoms with E-state index in [1.165, 1.54) is 58.2 Å². The Morgan fingerprint density at radius 2 is 2.06 bits per heavy atom. The SMILES string of the molecule is CCCC1CC(NCC2CCC2)CN(CCN)C1. The maximum absolute atomic E-state index is 5.71. The van der Waals surface area contributed by atoms with E-state index in [4.69, 9.17) is 5.73 Å². The van der Waals surface area contributed by atoms with Gasteiger partial charge in [0.05, 0.1) is 0 Å². The summed E-state index contributed by atoms with van der Waals surface area (Å²) in [6.07, 6.45) is 8.42. The molecule has 2 fully saturated rings. The van der Waals surface area contributed by atoms with E-state index in [1.807, 2.05) is 0 Å². The first-order valence-electron chi connectivity index (χ1n) is 7.97. The Hall–Kier alpha value is -0.120. The minimum absolute atomic E-state index is 0.711. The molecule has 3 nitrogen and oxygen atoms in total. The van der Waals surface area contributed by atoms with Crippen LogP contribution in [-0.2, 0) is 0 Å². The summed E-state index contributed by atoms with van der Waals surface area (Å²) in [7, 11) is 0. The number of nitrogens with one attached hydrogen (secondary N) is 1. The quantitative estimate of drug-likeness (QED) is 0.727. The third kappa shape index (κ3) is 4.22. The second kappa shape index (κ2) is 7.46. The van der Waals surface area contributed by atoms with Crippen LogP contribution in [0.15, 0.2) is 0 Å². The van der Waals surface area contributed by atoms with Gasteiger partial charge in [0.2, 0.25) is 0 Å². The molecule has 0 amide bonds. The molecule has 0 bridgehead atoms. The molecule has 0 radical (unpaired) electrons. The van der Waals surface area contributed by atoms with Crippen molar-refractivity contribution in [2.75, 3.05) is 32.7 Å². The van der Waals surface area contributed by atoms with Crippen molar-refractivity contribution < 1.29 is 0 Å². The summed E-state index contributed by atoms with van der Waals surface area (Å²) in [4.78, 5) is 2.57. The zero-order chi connectivity index (χ0) is 12.8. The number of likely N-dealkylation sites (tertiary alicyclic amines) is 1. The maximum Gasteiger partial charge on any atom is 0.0198 e. The van der Waals surface area contributed by atoms with E-state index in [0.29, 0.717) is 6.04 Å². The molecular weight excluding hydrogens is 222 g/mol. The largest absolute Gasteiger partial charge is 0.329 e. The lowest BCUT2D eigenvalue weighted by atomic mass is 9.84. The molecule has 2 unspecified atom stereocenters. The van der Waals surface area contributed by atoms with E-state index in [2.05, 4.69) is 17.1 Å². The Morgan fingerprint density at radius 1 is 1.22 bits per heavy atom. The smallest absolute Gasteiger partial charge is 0.0198 e. The monoisotopic (exact) mass is 253 g/mol. The fraction of sp³-hybridized carbons (Fsp3) is 1.00. The van der Waals surface area contributed by atoms with Gasteiger partial charge < -0.3 is 16.0 Å². The lowest BCUT2D eigenvalue weighted by molar-refractivity contribution is 0.132. The third-order valence-electron chi connectivity index (χ3n) is 4.68. The highest BCUT2D eigenvalue weighted by Crippen LogP contribution is 2.26. The number of hydrogen-bond donors (Lipinski definition) is 2. The molecule has 1 saturated heterocycles. The Morgan fingerprint density at radius 3 is 2.67 bits per heavy atom. The minimum atomic E-state index is 0.711. The van der Waals surface area contributed by atoms with Gasteiger partial charge in [0.25, 0.3) is 0 Å². The van der Waals surface area contributed by atoms with E-state index >= 15 is 0 Å². The molecule has 2 rings (SSSR count). The Bertz CT molecular complexity index is 214. The summed E-state index contributed by atoms with van der Waals surface area (Å²) < 4.78 is 0. The average Bonchev–Trinajstić information content (AvgIpc) is 2.27. The van der Waals surface area contributed by atoms with Gasteiger partial charge in [0.1, 0.15) is 0 Å². The normalized spacial score (nSPS) is 30.3. The van der Waals surface area contributed by atoms with Crippen LogP contribution in [0.2, 0.25) is 0 Å². The number of rotatable bonds is 7. The summed E-state index contributed by atoms with van der Waals surface area (Å²) in [5.74, 6) is 1.86. The van der Waals surface area contributed by atoms with Crippen LogP contribution in [0.25, 0.3) is 0 Å². The van der Waals surface area contributed by atoms with Crippen LogP contribution in [0, 0.1) is 11.8 Å². The van der Waals surface area contributed by atoms with Crippen LogP contribution >= 0.6 is 0 Å². The minimum Gasteiger partial charge on any atom is -0.329 e. The number of piperidine rings is 1. The van der Waals surface area contributed by atoms with E-state index in [0.717, 1.165) is 24.9 Å². The van der Waals surface area contributed by atoms with Crippen molar-refractivity contribution in [3.05, 3.63) is 0 Å². The topological polar surface area (TPSA) is 41.3 Å². The molecule has 1 saturated carbocycles. The van der Waals surface area contributed by atoms with E-state index in [9.17, 15) is 0 Å². The van der Waals surface area contributed by atoms with Gasteiger partial charge in [0, 0.05) is 32.2 Å². The van der Waals surface area contributed by atoms with Crippen molar-refractivity contribution in [2.45, 2.75) is 51.5 Å². The van der Waals surface area contributed by atoms with Crippen LogP contribution < -0.4 is 11.1 Å². The Labute approximate surface area is 112 Å². The molecule has 0 aromatic carbocycles. The second-order valence-electron chi connectivity index (χ2n) is 6.34. The first kappa shape index (κ1) is 14.3. The van der Waals surface area contributed by atoms with Crippen molar-refractivity contribution in [2.24, 2.45) is 17.6 Å². The highest BCUT2D eigenvalue weighted by Gasteiger charge is 2.27. The van der Waals surface area contributed by atoms with Crippen molar-refractivity contribution in [3.8, 4) is 0 Å². The van der Waals surface area contributed by atoms with Gasteiger partial charge in [-0.1, -0.05) is 19.8 Å². The highest BCUT2D eigenvalue weighted by molar-refractivity contribution is 4.85. The number of nitrogens with two attached hydrogens (primary N) is 1. The second-order valence-corrected chi connectivity index (χ2v) is 6.34. The summed E-state index contributed by atoms with van der Waals surface area (Å²) in [5.41, 5.74) is 5.71. The standard InChI is InChI=1S/C15H31N3/c1-2-4-14-9-15(12-18(11-14)8-7-16)17-10-13-5-3-6-13/h13-15,17H,2-12,16H2,1H3. The van der Waals surface area contributed by atoms with Crippen molar-refractivity contribution in [1.29, 1.82) is 0 Å². The van der Waals surface area contributed by atoms with Gasteiger partial charge >= 0.3 is 0 Å². The predicted molar refractivity (Wildman–Crippen MR) is 77.6 cm³/mol. The van der Waals surface area contributed by atoms with Gasteiger partial charge in [0.15, 0.2) is 0 Å². The van der Waals surface area contributed by atoms with Gasteiger partial charge in [-0.15, -0.1) is 0 Å². The summed E-state index contributed by atoms with van der Waals surface area (Å²) >= 11 is 0. The first-order chi connectivity index (χ1) is 8.81. The lowest BCUT2D eigenvalue weighted by Crippen LogP contribution is -2.51. The third-order valence-corrected chi connectivity index (χ3v) is 4.68. The summed E-state index contributed by atoms with van der Waals surface area (Å²) in [6.45, 7) is 7.91. The molecule has 0 aromatic heterocycles. The van der Waals surface area contributed by atoms with E-state index < -0.39 is 0 Å². The van der Waals surface area contributed by atoms with E-state index in [-0.39, 0.29) is 0 Å². The molecule has 1 aliphatic carbocycles. The number of nitrogens with zero attached hydrogens (tertiary/aromatic N) is 1. The van der Waals surface area contributed by atoms with E-state index in [1.54, 1.807) is 0 Å². The van der Waals surface area contributed by atoms with Crippen molar-refractivity contribution in [1.82, 2.24) is 10.2 Å². The summed E-state index contributed by atoms with van der Waals surface area (Å²) in [6, 6.07) is 0.711. The lowest BCUT2D eigenvalue weighted by Gasteiger charge is -2.39. The molecular formula is C15H31N3. The molecule has 3 N–H and O–H groups in total. The molecule has 2 aliphatic rings. The first-order valence-corrected chi connectivity index (χ1v) is 7.97. The maximum atomic E-state index is 5.71. The van der Waals surface area contributed by atoms with Crippen molar-refractivity contribution in [3.63, 3.8) is 0 Å². The Kier molecular flexibility index (Phi) is 5.93. The van der Waals surface area contributed by atoms with Crippen LogP contribution in [-0.4, -0.2) is 43.7 Å². The molecule has 106 valence electrons. The van der Waals surface area contributed by atoms with Crippen molar-refractivity contribution >= 4 is 0 Å². The molecule has 0 aromatic rings. The van der Waals surface area contributed by atoms with Crippen LogP contribution in [0.3, 0.4) is 0 Å². The molecule has 1 aliphatic heterocycles. The molecule has 1 heterocycles. The summed E-state index contributed by atoms with van der Waals surface area (Å²) in [5, 5.41) is 3.82. The zero-order valence-electron chi connectivity index (χ0n) is 12.0. The molecule has 18 heavy (non-hydrogen) atoms. The predicted octanol–water partition coefficient (Wildman–Crippen LogP) is 1.83. The van der Waals surface area contributed by atoms with Gasteiger partial charge in [-0.3, -0.25) is 0 Å².